The summed E-state index contributed by atoms with van der Waals surface area (Å²) in [5.74, 6) is 0.828. The van der Waals surface area contributed by atoms with Gasteiger partial charge in [0.15, 0.2) is 5.11 Å². The van der Waals surface area contributed by atoms with Crippen molar-refractivity contribution in [3.8, 4) is 5.75 Å². The van der Waals surface area contributed by atoms with Crippen molar-refractivity contribution in [2.75, 3.05) is 11.9 Å². The van der Waals surface area contributed by atoms with Crippen LogP contribution < -0.4 is 20.5 Å². The lowest BCUT2D eigenvalue weighted by Crippen LogP contribution is -2.30. The highest BCUT2D eigenvalue weighted by atomic mass is 32.2. The molecule has 2 rings (SSSR count). The summed E-state index contributed by atoms with van der Waals surface area (Å²) in [6.07, 6.45) is 0. The largest absolute Gasteiger partial charge is 0.494 e. The molecule has 0 heterocycles. The predicted molar refractivity (Wildman–Crippen MR) is 103 cm³/mol. The van der Waals surface area contributed by atoms with E-state index in [4.69, 9.17) is 22.1 Å². The van der Waals surface area contributed by atoms with Crippen molar-refractivity contribution in [2.45, 2.75) is 24.8 Å². The van der Waals surface area contributed by atoms with Gasteiger partial charge in [-0.15, -0.1) is 0 Å². The van der Waals surface area contributed by atoms with Crippen LogP contribution in [0, 0.1) is 0 Å². The number of sulfonamides is 1. The number of nitrogens with two attached hydrogens (primary N) is 1. The molecule has 0 aliphatic rings. The number of anilines is 1. The average Bonchev–Trinajstić information content (AvgIpc) is 2.55. The Morgan fingerprint density at radius 1 is 1.16 bits per heavy atom. The van der Waals surface area contributed by atoms with Gasteiger partial charge in [0.2, 0.25) is 10.0 Å². The quantitative estimate of drug-likeness (QED) is 0.668. The van der Waals surface area contributed by atoms with Crippen molar-refractivity contribution in [3.05, 3.63) is 54.1 Å². The minimum absolute atomic E-state index is 0.000584. The number of primary sulfonamides is 1. The Morgan fingerprint density at radius 2 is 1.76 bits per heavy atom. The van der Waals surface area contributed by atoms with Gasteiger partial charge < -0.3 is 15.4 Å². The second-order valence-corrected chi connectivity index (χ2v) is 7.36. The summed E-state index contributed by atoms with van der Waals surface area (Å²) < 4.78 is 27.9. The summed E-state index contributed by atoms with van der Waals surface area (Å²) in [4.78, 5) is 0.0553. The molecule has 1 atom stereocenters. The van der Waals surface area contributed by atoms with E-state index in [1.165, 1.54) is 12.1 Å². The molecule has 4 N–H and O–H groups in total. The fraction of sp³-hybridized carbons (Fsp3) is 0.235. The van der Waals surface area contributed by atoms with E-state index in [2.05, 4.69) is 10.6 Å². The first-order chi connectivity index (χ1) is 11.8. The molecule has 134 valence electrons. The SMILES string of the molecule is CCOc1ccc([C@H](C)NC(=S)Nc2ccc(S(N)(=O)=O)cc2)cc1. The zero-order valence-electron chi connectivity index (χ0n) is 14.0. The molecule has 0 unspecified atom stereocenters. The summed E-state index contributed by atoms with van der Waals surface area (Å²) in [7, 11) is -3.70. The van der Waals surface area contributed by atoms with E-state index in [1.54, 1.807) is 12.1 Å². The van der Waals surface area contributed by atoms with Crippen LogP contribution in [0.5, 0.6) is 5.75 Å². The van der Waals surface area contributed by atoms with E-state index in [9.17, 15) is 8.42 Å². The van der Waals surface area contributed by atoms with Crippen LogP contribution >= 0.6 is 12.2 Å². The molecule has 0 spiro atoms. The summed E-state index contributed by atoms with van der Waals surface area (Å²) in [6, 6.07) is 13.9. The first-order valence-electron chi connectivity index (χ1n) is 7.72. The molecule has 0 radical (unpaired) electrons. The Kier molecular flexibility index (Phi) is 6.35. The Balaban J connectivity index is 1.95. The molecule has 25 heavy (non-hydrogen) atoms. The lowest BCUT2D eigenvalue weighted by molar-refractivity contribution is 0.340. The highest BCUT2D eigenvalue weighted by Gasteiger charge is 2.09. The standard InChI is InChI=1S/C17H21N3O3S2/c1-3-23-15-8-4-13(5-9-15)12(2)19-17(24)20-14-6-10-16(11-7-14)25(18,21)22/h4-12H,3H2,1-2H3,(H2,18,21,22)(H2,19,20,24)/t12-/m0/s1. The maximum atomic E-state index is 11.2. The van der Waals surface area contributed by atoms with E-state index in [-0.39, 0.29) is 10.9 Å². The zero-order chi connectivity index (χ0) is 18.4. The van der Waals surface area contributed by atoms with Gasteiger partial charge in [-0.05, 0) is 68.0 Å². The van der Waals surface area contributed by atoms with Crippen molar-refractivity contribution in [3.63, 3.8) is 0 Å². The molecular weight excluding hydrogens is 358 g/mol. The van der Waals surface area contributed by atoms with Gasteiger partial charge in [-0.3, -0.25) is 0 Å². The van der Waals surface area contributed by atoms with Crippen LogP contribution in [0.3, 0.4) is 0 Å². The van der Waals surface area contributed by atoms with Gasteiger partial charge in [-0.1, -0.05) is 12.1 Å². The van der Waals surface area contributed by atoms with E-state index >= 15 is 0 Å². The fourth-order valence-corrected chi connectivity index (χ4v) is 3.00. The van der Waals surface area contributed by atoms with Gasteiger partial charge in [0, 0.05) is 5.69 Å². The average molecular weight is 380 g/mol. The third-order valence-corrected chi connectivity index (χ3v) is 4.63. The second-order valence-electron chi connectivity index (χ2n) is 5.39. The van der Waals surface area contributed by atoms with Gasteiger partial charge in [0.05, 0.1) is 17.5 Å². The summed E-state index contributed by atoms with van der Waals surface area (Å²) in [5.41, 5.74) is 1.74. The molecule has 0 fully saturated rings. The highest BCUT2D eigenvalue weighted by molar-refractivity contribution is 7.89. The van der Waals surface area contributed by atoms with Crippen LogP contribution in [0.25, 0.3) is 0 Å². The monoisotopic (exact) mass is 379 g/mol. The Labute approximate surface area is 153 Å². The number of thiocarbonyl (C=S) groups is 1. The molecule has 0 aliphatic heterocycles. The number of rotatable bonds is 6. The van der Waals surface area contributed by atoms with Gasteiger partial charge >= 0.3 is 0 Å². The van der Waals surface area contributed by atoms with Gasteiger partial charge in [-0.2, -0.15) is 0 Å². The number of ether oxygens (including phenoxy) is 1. The fourth-order valence-electron chi connectivity index (χ4n) is 2.19. The molecule has 0 amide bonds. The number of hydrogen-bond acceptors (Lipinski definition) is 4. The highest BCUT2D eigenvalue weighted by Crippen LogP contribution is 2.18. The van der Waals surface area contributed by atoms with Crippen LogP contribution in [-0.2, 0) is 10.0 Å². The van der Waals surface area contributed by atoms with Crippen molar-refractivity contribution in [1.29, 1.82) is 0 Å². The third-order valence-electron chi connectivity index (χ3n) is 3.48. The molecule has 2 aromatic rings. The van der Waals surface area contributed by atoms with Crippen LogP contribution in [-0.4, -0.2) is 20.1 Å². The first-order valence-corrected chi connectivity index (χ1v) is 9.68. The Hall–Kier alpha value is -2.16. The minimum Gasteiger partial charge on any atom is -0.494 e. The molecule has 0 saturated carbocycles. The number of benzene rings is 2. The van der Waals surface area contributed by atoms with E-state index < -0.39 is 10.0 Å². The van der Waals surface area contributed by atoms with Crippen molar-refractivity contribution < 1.29 is 13.2 Å². The van der Waals surface area contributed by atoms with Crippen molar-refractivity contribution >= 4 is 33.0 Å². The molecule has 0 bridgehead atoms. The molecule has 8 heteroatoms. The van der Waals surface area contributed by atoms with Gasteiger partial charge in [-0.25, -0.2) is 13.6 Å². The van der Waals surface area contributed by atoms with Crippen molar-refractivity contribution in [1.82, 2.24) is 5.32 Å². The van der Waals surface area contributed by atoms with Gasteiger partial charge in [0.1, 0.15) is 5.75 Å². The molecule has 0 aromatic heterocycles. The van der Waals surface area contributed by atoms with Crippen LogP contribution in [0.4, 0.5) is 5.69 Å². The van der Waals surface area contributed by atoms with Crippen LogP contribution in [0.15, 0.2) is 53.4 Å². The molecular formula is C17H21N3O3S2. The van der Waals surface area contributed by atoms with E-state index in [0.717, 1.165) is 11.3 Å². The minimum atomic E-state index is -3.70. The maximum Gasteiger partial charge on any atom is 0.238 e. The van der Waals surface area contributed by atoms with Crippen molar-refractivity contribution in [2.24, 2.45) is 5.14 Å². The Morgan fingerprint density at radius 3 is 2.28 bits per heavy atom. The summed E-state index contributed by atoms with van der Waals surface area (Å²) in [5, 5.41) is 11.7. The molecule has 6 nitrogen and oxygen atoms in total. The Bertz CT molecular complexity index is 819. The zero-order valence-corrected chi connectivity index (χ0v) is 15.7. The third kappa shape index (κ3) is 5.70. The number of hydrogen-bond donors (Lipinski definition) is 3. The van der Waals surface area contributed by atoms with E-state index in [1.807, 2.05) is 38.1 Å². The maximum absolute atomic E-state index is 11.2. The van der Waals surface area contributed by atoms with E-state index in [0.29, 0.717) is 17.4 Å². The lowest BCUT2D eigenvalue weighted by atomic mass is 10.1. The molecule has 0 aliphatic carbocycles. The number of nitrogens with one attached hydrogen (secondary N) is 2. The normalized spacial score (nSPS) is 12.3. The lowest BCUT2D eigenvalue weighted by Gasteiger charge is -2.18. The summed E-state index contributed by atoms with van der Waals surface area (Å²) in [6.45, 7) is 4.57. The molecule has 0 saturated heterocycles. The summed E-state index contributed by atoms with van der Waals surface area (Å²) >= 11 is 5.30. The predicted octanol–water partition coefficient (Wildman–Crippen LogP) is 2.78. The first kappa shape index (κ1) is 19.2. The van der Waals surface area contributed by atoms with Gasteiger partial charge in [0.25, 0.3) is 0 Å². The van der Waals surface area contributed by atoms with Crippen LogP contribution in [0.2, 0.25) is 0 Å². The van der Waals surface area contributed by atoms with Crippen LogP contribution in [0.1, 0.15) is 25.5 Å². The second kappa shape index (κ2) is 8.28. The molecule has 2 aromatic carbocycles. The topological polar surface area (TPSA) is 93.4 Å². The smallest absolute Gasteiger partial charge is 0.238 e.